The molecule has 1 aromatic rings. The van der Waals surface area contributed by atoms with E-state index < -0.39 is 11.7 Å². The van der Waals surface area contributed by atoms with Crippen LogP contribution in [0.1, 0.15) is 43.7 Å². The topological polar surface area (TPSA) is 23.5 Å². The Morgan fingerprint density at radius 1 is 1.19 bits per heavy atom. The lowest BCUT2D eigenvalue weighted by Crippen LogP contribution is -2.36. The van der Waals surface area contributed by atoms with Crippen molar-refractivity contribution in [2.75, 3.05) is 11.9 Å². The van der Waals surface area contributed by atoms with E-state index in [2.05, 4.69) is 6.92 Å². The lowest BCUT2D eigenvalue weighted by molar-refractivity contribution is -0.137. The number of aliphatic hydroxyl groups excluding tert-OH is 1. The van der Waals surface area contributed by atoms with E-state index >= 15 is 0 Å². The summed E-state index contributed by atoms with van der Waals surface area (Å²) < 4.78 is 39.7. The smallest absolute Gasteiger partial charge is 0.392 e. The van der Waals surface area contributed by atoms with Gasteiger partial charge in [-0.3, -0.25) is 0 Å². The maximum Gasteiger partial charge on any atom is 0.418 e. The molecule has 1 aliphatic rings. The molecule has 0 atom stereocenters. The molecule has 1 fully saturated rings. The van der Waals surface area contributed by atoms with Crippen LogP contribution >= 0.6 is 0 Å². The molecule has 0 aromatic heterocycles. The van der Waals surface area contributed by atoms with Crippen molar-refractivity contribution in [3.8, 4) is 0 Å². The third-order valence-corrected chi connectivity index (χ3v) is 4.46. The predicted molar refractivity (Wildman–Crippen MR) is 77.2 cm³/mol. The molecule has 21 heavy (non-hydrogen) atoms. The fraction of sp³-hybridized carbons (Fsp3) is 0.625. The summed E-state index contributed by atoms with van der Waals surface area (Å²) >= 11 is 0. The number of hydrogen-bond donors (Lipinski definition) is 1. The van der Waals surface area contributed by atoms with Crippen molar-refractivity contribution >= 4 is 5.69 Å². The van der Waals surface area contributed by atoms with Crippen LogP contribution in [0.4, 0.5) is 18.9 Å². The van der Waals surface area contributed by atoms with E-state index in [9.17, 15) is 13.2 Å². The molecule has 0 bridgehead atoms. The number of nitrogens with zero attached hydrogens (tertiary/aromatic N) is 1. The van der Waals surface area contributed by atoms with Crippen LogP contribution in [0, 0.1) is 5.92 Å². The minimum Gasteiger partial charge on any atom is -0.392 e. The van der Waals surface area contributed by atoms with Gasteiger partial charge in [0.05, 0.1) is 12.2 Å². The molecule has 2 nitrogen and oxygen atoms in total. The molecular formula is C16H22F3NO. The zero-order chi connectivity index (χ0) is 15.6. The molecule has 0 unspecified atom stereocenters. The highest BCUT2D eigenvalue weighted by Gasteiger charge is 2.36. The molecule has 0 aliphatic heterocycles. The first-order valence-electron chi connectivity index (χ1n) is 7.36. The molecule has 0 heterocycles. The van der Waals surface area contributed by atoms with Crippen LogP contribution < -0.4 is 4.90 Å². The van der Waals surface area contributed by atoms with Crippen LogP contribution in [0.25, 0.3) is 0 Å². The number of rotatable bonds is 3. The fourth-order valence-electron chi connectivity index (χ4n) is 3.04. The third-order valence-electron chi connectivity index (χ3n) is 4.46. The van der Waals surface area contributed by atoms with Gasteiger partial charge in [-0.1, -0.05) is 13.0 Å². The van der Waals surface area contributed by atoms with Gasteiger partial charge >= 0.3 is 6.18 Å². The second-order valence-corrected chi connectivity index (χ2v) is 6.03. The zero-order valence-corrected chi connectivity index (χ0v) is 12.5. The second kappa shape index (κ2) is 6.26. The summed E-state index contributed by atoms with van der Waals surface area (Å²) in [5.41, 5.74) is -0.161. The monoisotopic (exact) mass is 301 g/mol. The van der Waals surface area contributed by atoms with Gasteiger partial charge in [0, 0.05) is 18.8 Å². The summed E-state index contributed by atoms with van der Waals surface area (Å²) in [6, 6.07) is 4.25. The Morgan fingerprint density at radius 3 is 2.33 bits per heavy atom. The highest BCUT2D eigenvalue weighted by atomic mass is 19.4. The van der Waals surface area contributed by atoms with Crippen LogP contribution in [0.5, 0.6) is 0 Å². The number of halogens is 3. The van der Waals surface area contributed by atoms with Gasteiger partial charge in [0.1, 0.15) is 0 Å². The molecular weight excluding hydrogens is 279 g/mol. The Labute approximate surface area is 123 Å². The molecule has 0 amide bonds. The van der Waals surface area contributed by atoms with E-state index in [0.29, 0.717) is 5.92 Å². The Morgan fingerprint density at radius 2 is 1.81 bits per heavy atom. The summed E-state index contributed by atoms with van der Waals surface area (Å²) in [4.78, 5) is 1.76. The quantitative estimate of drug-likeness (QED) is 0.904. The van der Waals surface area contributed by atoms with Gasteiger partial charge in [0.25, 0.3) is 0 Å². The van der Waals surface area contributed by atoms with E-state index in [-0.39, 0.29) is 23.9 Å². The van der Waals surface area contributed by atoms with Crippen LogP contribution in [0.3, 0.4) is 0 Å². The minimum absolute atomic E-state index is 0.155. The summed E-state index contributed by atoms with van der Waals surface area (Å²) in [7, 11) is 1.74. The zero-order valence-electron chi connectivity index (χ0n) is 12.5. The molecule has 1 aromatic carbocycles. The van der Waals surface area contributed by atoms with E-state index in [1.54, 1.807) is 18.0 Å². The van der Waals surface area contributed by atoms with Crippen LogP contribution in [-0.4, -0.2) is 18.2 Å². The summed E-state index contributed by atoms with van der Waals surface area (Å²) in [6.45, 7) is 1.81. The lowest BCUT2D eigenvalue weighted by Gasteiger charge is -2.36. The molecule has 118 valence electrons. The van der Waals surface area contributed by atoms with Crippen LogP contribution in [-0.2, 0) is 12.8 Å². The molecule has 1 N–H and O–H groups in total. The average molecular weight is 301 g/mol. The SMILES string of the molecule is CC1CCC(N(C)c2ccc(CO)cc2C(F)(F)F)CC1. The van der Waals surface area contributed by atoms with Crippen molar-refractivity contribution < 1.29 is 18.3 Å². The van der Waals surface area contributed by atoms with E-state index in [0.717, 1.165) is 31.7 Å². The third kappa shape index (κ3) is 3.70. The first kappa shape index (κ1) is 16.1. The van der Waals surface area contributed by atoms with E-state index in [1.807, 2.05) is 0 Å². The van der Waals surface area contributed by atoms with Crippen molar-refractivity contribution in [3.63, 3.8) is 0 Å². The lowest BCUT2D eigenvalue weighted by atomic mass is 9.86. The fourth-order valence-corrected chi connectivity index (χ4v) is 3.04. The normalized spacial score (nSPS) is 23.1. The molecule has 0 spiro atoms. The molecule has 1 aliphatic carbocycles. The Balaban J connectivity index is 2.29. The van der Waals surface area contributed by atoms with Gasteiger partial charge in [-0.25, -0.2) is 0 Å². The highest BCUT2D eigenvalue weighted by molar-refractivity contribution is 5.56. The Bertz CT molecular complexity index is 479. The molecule has 1 saturated carbocycles. The number of aliphatic hydroxyl groups is 1. The molecule has 0 saturated heterocycles. The van der Waals surface area contributed by atoms with Crippen molar-refractivity contribution in [3.05, 3.63) is 29.3 Å². The van der Waals surface area contributed by atoms with Gasteiger partial charge in [0.2, 0.25) is 0 Å². The largest absolute Gasteiger partial charge is 0.418 e. The van der Waals surface area contributed by atoms with E-state index in [4.69, 9.17) is 5.11 Å². The van der Waals surface area contributed by atoms with Gasteiger partial charge in [-0.2, -0.15) is 13.2 Å². The first-order valence-corrected chi connectivity index (χ1v) is 7.36. The van der Waals surface area contributed by atoms with Gasteiger partial charge < -0.3 is 10.0 Å². The molecule has 5 heteroatoms. The number of alkyl halides is 3. The Hall–Kier alpha value is -1.23. The maximum atomic E-state index is 13.2. The number of anilines is 1. The van der Waals surface area contributed by atoms with E-state index in [1.165, 1.54) is 6.07 Å². The highest BCUT2D eigenvalue weighted by Crippen LogP contribution is 2.39. The predicted octanol–water partition coefficient (Wildman–Crippen LogP) is 4.21. The second-order valence-electron chi connectivity index (χ2n) is 6.03. The molecule has 2 rings (SSSR count). The van der Waals surface area contributed by atoms with Crippen molar-refractivity contribution in [2.24, 2.45) is 5.92 Å². The van der Waals surface area contributed by atoms with Gasteiger partial charge in [0.15, 0.2) is 0 Å². The minimum atomic E-state index is -4.41. The summed E-state index contributed by atoms with van der Waals surface area (Å²) in [6.07, 6.45) is -0.430. The maximum absolute atomic E-state index is 13.2. The number of hydrogen-bond acceptors (Lipinski definition) is 2. The van der Waals surface area contributed by atoms with Gasteiger partial charge in [-0.05, 0) is 49.3 Å². The van der Waals surface area contributed by atoms with Crippen molar-refractivity contribution in [1.29, 1.82) is 0 Å². The van der Waals surface area contributed by atoms with Crippen molar-refractivity contribution in [1.82, 2.24) is 0 Å². The summed E-state index contributed by atoms with van der Waals surface area (Å²) in [5.74, 6) is 0.661. The number of benzene rings is 1. The molecule has 0 radical (unpaired) electrons. The van der Waals surface area contributed by atoms with Crippen molar-refractivity contribution in [2.45, 2.75) is 51.4 Å². The Kier molecular flexibility index (Phi) is 4.81. The van der Waals surface area contributed by atoms with Gasteiger partial charge in [-0.15, -0.1) is 0 Å². The van der Waals surface area contributed by atoms with Crippen LogP contribution in [0.15, 0.2) is 18.2 Å². The average Bonchev–Trinajstić information content (AvgIpc) is 2.46. The summed E-state index contributed by atoms with van der Waals surface area (Å²) in [5, 5.41) is 9.05. The standard InChI is InChI=1S/C16H22F3NO/c1-11-3-6-13(7-4-11)20(2)15-8-5-12(10-21)9-14(15)16(17,18)19/h5,8-9,11,13,21H,3-4,6-7,10H2,1-2H3. The van der Waals surface area contributed by atoms with Crippen LogP contribution in [0.2, 0.25) is 0 Å². The first-order chi connectivity index (χ1) is 9.82.